The molecule has 0 saturated heterocycles. The Morgan fingerprint density at radius 2 is 2.12 bits per heavy atom. The standard InChI is InChI=1S/C8H11ClN4O2.ClH/c1-4(10)12-7-3-8(13(14)15)6(11)2-5(7)9;/h2-4,12H,10-11H2,1H3;1H. The second kappa shape index (κ2) is 5.74. The Morgan fingerprint density at radius 1 is 1.56 bits per heavy atom. The van der Waals surface area contributed by atoms with Gasteiger partial charge in [0.25, 0.3) is 5.69 Å². The Bertz CT molecular complexity index is 398. The first-order valence-electron chi connectivity index (χ1n) is 4.17. The molecule has 1 aromatic carbocycles. The number of halogens is 2. The summed E-state index contributed by atoms with van der Waals surface area (Å²) in [4.78, 5) is 10.0. The third kappa shape index (κ3) is 3.41. The fourth-order valence-electron chi connectivity index (χ4n) is 1.09. The fraction of sp³-hybridized carbons (Fsp3) is 0.250. The first kappa shape index (κ1) is 14.8. The minimum Gasteiger partial charge on any atom is -0.393 e. The van der Waals surface area contributed by atoms with Gasteiger partial charge in [-0.1, -0.05) is 11.6 Å². The van der Waals surface area contributed by atoms with Crippen LogP contribution in [0.25, 0.3) is 0 Å². The molecule has 0 bridgehead atoms. The van der Waals surface area contributed by atoms with Gasteiger partial charge in [-0.25, -0.2) is 0 Å². The molecule has 5 N–H and O–H groups in total. The SMILES string of the molecule is CC(N)Nc1cc([N+](=O)[O-])c(N)cc1Cl.Cl. The molecule has 1 rings (SSSR count). The number of benzene rings is 1. The van der Waals surface area contributed by atoms with Crippen LogP contribution < -0.4 is 16.8 Å². The molecule has 0 radical (unpaired) electrons. The van der Waals surface area contributed by atoms with E-state index in [1.165, 1.54) is 12.1 Å². The summed E-state index contributed by atoms with van der Waals surface area (Å²) in [6.07, 6.45) is -0.356. The van der Waals surface area contributed by atoms with Crippen molar-refractivity contribution in [2.45, 2.75) is 13.1 Å². The maximum absolute atomic E-state index is 10.6. The van der Waals surface area contributed by atoms with E-state index in [1.807, 2.05) is 0 Å². The molecule has 1 unspecified atom stereocenters. The highest BCUT2D eigenvalue weighted by atomic mass is 35.5. The monoisotopic (exact) mass is 266 g/mol. The van der Waals surface area contributed by atoms with Crippen molar-refractivity contribution in [3.05, 3.63) is 27.3 Å². The molecule has 90 valence electrons. The summed E-state index contributed by atoms with van der Waals surface area (Å²) in [6.45, 7) is 1.69. The number of nitrogens with one attached hydrogen (secondary N) is 1. The molecule has 1 atom stereocenters. The molecule has 0 saturated carbocycles. The van der Waals surface area contributed by atoms with E-state index in [-0.39, 0.29) is 29.9 Å². The van der Waals surface area contributed by atoms with Crippen LogP contribution in [0.1, 0.15) is 6.92 Å². The Morgan fingerprint density at radius 3 is 2.56 bits per heavy atom. The Kier molecular flexibility index (Phi) is 5.29. The van der Waals surface area contributed by atoms with Crippen molar-refractivity contribution in [3.8, 4) is 0 Å². The fourth-order valence-corrected chi connectivity index (χ4v) is 1.32. The van der Waals surface area contributed by atoms with Crippen LogP contribution in [0.4, 0.5) is 17.1 Å². The molecular formula is C8H12Cl2N4O2. The molecule has 0 spiro atoms. The third-order valence-corrected chi connectivity index (χ3v) is 2.01. The number of anilines is 2. The smallest absolute Gasteiger partial charge is 0.294 e. The largest absolute Gasteiger partial charge is 0.393 e. The number of nitro benzene ring substituents is 1. The van der Waals surface area contributed by atoms with Gasteiger partial charge >= 0.3 is 0 Å². The zero-order valence-electron chi connectivity index (χ0n) is 8.44. The van der Waals surface area contributed by atoms with Crippen molar-refractivity contribution in [2.75, 3.05) is 11.1 Å². The molecule has 0 aliphatic carbocycles. The Hall–Kier alpha value is -1.24. The number of nitrogen functional groups attached to an aromatic ring is 1. The summed E-state index contributed by atoms with van der Waals surface area (Å²) in [5.41, 5.74) is 11.2. The van der Waals surface area contributed by atoms with E-state index in [0.29, 0.717) is 10.7 Å². The maximum atomic E-state index is 10.6. The first-order valence-corrected chi connectivity index (χ1v) is 4.55. The van der Waals surface area contributed by atoms with Gasteiger partial charge in [-0.15, -0.1) is 12.4 Å². The summed E-state index contributed by atoms with van der Waals surface area (Å²) in [6, 6.07) is 2.59. The van der Waals surface area contributed by atoms with Crippen molar-refractivity contribution in [2.24, 2.45) is 5.73 Å². The molecule has 0 aliphatic rings. The normalized spacial score (nSPS) is 11.4. The topological polar surface area (TPSA) is 107 Å². The molecule has 6 nitrogen and oxygen atoms in total. The Labute approximate surface area is 104 Å². The van der Waals surface area contributed by atoms with Gasteiger partial charge in [-0.05, 0) is 13.0 Å². The molecule has 8 heteroatoms. The summed E-state index contributed by atoms with van der Waals surface area (Å²) in [5.74, 6) is 0. The highest BCUT2D eigenvalue weighted by molar-refractivity contribution is 6.33. The predicted molar refractivity (Wildman–Crippen MR) is 67.0 cm³/mol. The molecule has 0 aromatic heterocycles. The van der Waals surface area contributed by atoms with Crippen molar-refractivity contribution in [1.29, 1.82) is 0 Å². The average molecular weight is 267 g/mol. The lowest BCUT2D eigenvalue weighted by Gasteiger charge is -2.12. The number of hydrogen-bond donors (Lipinski definition) is 3. The summed E-state index contributed by atoms with van der Waals surface area (Å²) in [7, 11) is 0. The van der Waals surface area contributed by atoms with Gasteiger partial charge in [0.2, 0.25) is 0 Å². The van der Waals surface area contributed by atoms with E-state index in [0.717, 1.165) is 0 Å². The van der Waals surface area contributed by atoms with Crippen LogP contribution in [-0.2, 0) is 0 Å². The zero-order chi connectivity index (χ0) is 11.6. The summed E-state index contributed by atoms with van der Waals surface area (Å²) in [5, 5.41) is 13.7. The highest BCUT2D eigenvalue weighted by Crippen LogP contribution is 2.32. The molecule has 0 heterocycles. The van der Waals surface area contributed by atoms with Crippen molar-refractivity contribution >= 4 is 41.1 Å². The minimum absolute atomic E-state index is 0. The predicted octanol–water partition coefficient (Wildman–Crippen LogP) is 1.97. The number of nitrogens with two attached hydrogens (primary N) is 2. The van der Waals surface area contributed by atoms with Gasteiger partial charge in [-0.3, -0.25) is 10.1 Å². The van der Waals surface area contributed by atoms with Gasteiger partial charge < -0.3 is 16.8 Å². The van der Waals surface area contributed by atoms with Gasteiger partial charge in [0.05, 0.1) is 21.8 Å². The lowest BCUT2D eigenvalue weighted by atomic mass is 10.2. The number of nitrogens with zero attached hydrogens (tertiary/aromatic N) is 1. The Balaban J connectivity index is 0.00000225. The van der Waals surface area contributed by atoms with Crippen LogP contribution in [0.2, 0.25) is 5.02 Å². The van der Waals surface area contributed by atoms with Crippen LogP contribution in [0.15, 0.2) is 12.1 Å². The second-order valence-corrected chi connectivity index (χ2v) is 3.49. The molecule has 1 aromatic rings. The molecule has 0 amide bonds. The van der Waals surface area contributed by atoms with Gasteiger partial charge in [0.1, 0.15) is 5.69 Å². The van der Waals surface area contributed by atoms with E-state index < -0.39 is 4.92 Å². The summed E-state index contributed by atoms with van der Waals surface area (Å²) >= 11 is 5.83. The molecule has 16 heavy (non-hydrogen) atoms. The molecular weight excluding hydrogens is 255 g/mol. The number of rotatable bonds is 3. The quantitative estimate of drug-likeness (QED) is 0.336. The van der Waals surface area contributed by atoms with Gasteiger partial charge in [0.15, 0.2) is 0 Å². The first-order chi connectivity index (χ1) is 6.91. The van der Waals surface area contributed by atoms with Crippen LogP contribution in [0.3, 0.4) is 0 Å². The number of hydrogen-bond acceptors (Lipinski definition) is 5. The van der Waals surface area contributed by atoms with Crippen molar-refractivity contribution in [3.63, 3.8) is 0 Å². The average Bonchev–Trinajstić information content (AvgIpc) is 2.08. The minimum atomic E-state index is -0.571. The number of nitro groups is 1. The second-order valence-electron chi connectivity index (χ2n) is 3.08. The van der Waals surface area contributed by atoms with Crippen molar-refractivity contribution < 1.29 is 4.92 Å². The zero-order valence-corrected chi connectivity index (χ0v) is 10.0. The van der Waals surface area contributed by atoms with E-state index >= 15 is 0 Å². The van der Waals surface area contributed by atoms with Crippen LogP contribution in [0.5, 0.6) is 0 Å². The van der Waals surface area contributed by atoms with Gasteiger partial charge in [-0.2, -0.15) is 0 Å². The lowest BCUT2D eigenvalue weighted by molar-refractivity contribution is -0.383. The third-order valence-electron chi connectivity index (χ3n) is 1.70. The lowest BCUT2D eigenvalue weighted by Crippen LogP contribution is -2.25. The maximum Gasteiger partial charge on any atom is 0.294 e. The van der Waals surface area contributed by atoms with E-state index in [2.05, 4.69) is 5.32 Å². The summed E-state index contributed by atoms with van der Waals surface area (Å²) < 4.78 is 0. The van der Waals surface area contributed by atoms with E-state index in [1.54, 1.807) is 6.92 Å². The van der Waals surface area contributed by atoms with E-state index in [9.17, 15) is 10.1 Å². The van der Waals surface area contributed by atoms with Crippen LogP contribution in [0, 0.1) is 10.1 Å². The highest BCUT2D eigenvalue weighted by Gasteiger charge is 2.15. The van der Waals surface area contributed by atoms with Crippen LogP contribution >= 0.6 is 24.0 Å². The van der Waals surface area contributed by atoms with E-state index in [4.69, 9.17) is 23.1 Å². The molecule has 0 aliphatic heterocycles. The molecule has 0 fully saturated rings. The van der Waals surface area contributed by atoms with Crippen molar-refractivity contribution in [1.82, 2.24) is 0 Å². The van der Waals surface area contributed by atoms with Gasteiger partial charge in [0, 0.05) is 6.07 Å². The van der Waals surface area contributed by atoms with Crippen LogP contribution in [-0.4, -0.2) is 11.1 Å².